The summed E-state index contributed by atoms with van der Waals surface area (Å²) in [7, 11) is 0. The Morgan fingerprint density at radius 1 is 1.14 bits per heavy atom. The van der Waals surface area contributed by atoms with Gasteiger partial charge in [0.15, 0.2) is 12.1 Å². The second kappa shape index (κ2) is 4.67. The second-order valence-corrected chi connectivity index (χ2v) is 7.50. The van der Waals surface area contributed by atoms with Gasteiger partial charge in [0.1, 0.15) is 6.10 Å². The Balaban J connectivity index is 1.63. The summed E-state index contributed by atoms with van der Waals surface area (Å²) in [5, 5.41) is 0. The summed E-state index contributed by atoms with van der Waals surface area (Å²) in [6.45, 7) is 6.58. The van der Waals surface area contributed by atoms with E-state index in [1.54, 1.807) is 0 Å². The zero-order chi connectivity index (χ0) is 14.8. The molecule has 0 N–H and O–H groups in total. The van der Waals surface area contributed by atoms with Gasteiger partial charge in [-0.1, -0.05) is 6.92 Å². The fraction of sp³-hybridized carbons (Fsp3) is 0.938. The van der Waals surface area contributed by atoms with Crippen LogP contribution in [0.25, 0.3) is 0 Å². The summed E-state index contributed by atoms with van der Waals surface area (Å²) in [6, 6.07) is 0. The van der Waals surface area contributed by atoms with E-state index in [2.05, 4.69) is 6.92 Å². The highest BCUT2D eigenvalue weighted by atomic mass is 16.8. The molecule has 0 spiro atoms. The van der Waals surface area contributed by atoms with Crippen LogP contribution in [0.1, 0.15) is 40.0 Å². The van der Waals surface area contributed by atoms with Crippen LogP contribution in [0.2, 0.25) is 0 Å². The SMILES string of the molecule is C[C@H]1COC(=O)C[C@H]2CC[C@H]3O[C@@H]4OC(C)(C)O[C@@H]4[C@@H]3[C@H]21. The lowest BCUT2D eigenvalue weighted by atomic mass is 9.64. The smallest absolute Gasteiger partial charge is 0.306 e. The van der Waals surface area contributed by atoms with Crippen molar-refractivity contribution in [3.05, 3.63) is 0 Å². The van der Waals surface area contributed by atoms with Crippen LogP contribution < -0.4 is 0 Å². The number of hydrogen-bond donors (Lipinski definition) is 0. The third kappa shape index (κ3) is 2.21. The minimum atomic E-state index is -0.576. The van der Waals surface area contributed by atoms with E-state index >= 15 is 0 Å². The first-order valence-electron chi connectivity index (χ1n) is 8.11. The molecule has 3 saturated heterocycles. The molecule has 5 heteroatoms. The zero-order valence-corrected chi connectivity index (χ0v) is 12.9. The molecule has 0 unspecified atom stereocenters. The maximum absolute atomic E-state index is 11.8. The molecule has 3 heterocycles. The van der Waals surface area contributed by atoms with Crippen molar-refractivity contribution in [3.63, 3.8) is 0 Å². The van der Waals surface area contributed by atoms with Crippen LogP contribution in [0.3, 0.4) is 0 Å². The molecular weight excluding hydrogens is 272 g/mol. The Bertz CT molecular complexity index is 448. The molecule has 1 aliphatic carbocycles. The Morgan fingerprint density at radius 2 is 1.95 bits per heavy atom. The van der Waals surface area contributed by atoms with E-state index < -0.39 is 5.79 Å². The van der Waals surface area contributed by atoms with Crippen LogP contribution in [0.5, 0.6) is 0 Å². The van der Waals surface area contributed by atoms with E-state index in [0.717, 1.165) is 12.8 Å². The first-order chi connectivity index (χ1) is 9.94. The van der Waals surface area contributed by atoms with Crippen LogP contribution in [0, 0.1) is 23.7 Å². The van der Waals surface area contributed by atoms with Gasteiger partial charge in [0.2, 0.25) is 0 Å². The van der Waals surface area contributed by atoms with Gasteiger partial charge in [0.05, 0.1) is 12.7 Å². The summed E-state index contributed by atoms with van der Waals surface area (Å²) in [5.41, 5.74) is 0. The number of fused-ring (bicyclic) bond motifs is 5. The van der Waals surface area contributed by atoms with Gasteiger partial charge in [-0.15, -0.1) is 0 Å². The molecule has 4 aliphatic rings. The first kappa shape index (κ1) is 14.0. The van der Waals surface area contributed by atoms with Gasteiger partial charge < -0.3 is 18.9 Å². The van der Waals surface area contributed by atoms with Crippen LogP contribution >= 0.6 is 0 Å². The molecule has 0 bridgehead atoms. The van der Waals surface area contributed by atoms with Gasteiger partial charge in [-0.3, -0.25) is 4.79 Å². The minimum absolute atomic E-state index is 0.00606. The lowest BCUT2D eigenvalue weighted by molar-refractivity contribution is -0.218. The lowest BCUT2D eigenvalue weighted by Crippen LogP contribution is -2.44. The van der Waals surface area contributed by atoms with Crippen molar-refractivity contribution in [2.45, 2.75) is 64.3 Å². The summed E-state index contributed by atoms with van der Waals surface area (Å²) in [4.78, 5) is 11.8. The molecule has 0 aromatic carbocycles. The third-order valence-electron chi connectivity index (χ3n) is 5.61. The van der Waals surface area contributed by atoms with Gasteiger partial charge in [-0.2, -0.15) is 0 Å². The van der Waals surface area contributed by atoms with Crippen molar-refractivity contribution in [1.29, 1.82) is 0 Å². The molecule has 0 radical (unpaired) electrons. The van der Waals surface area contributed by atoms with Gasteiger partial charge in [0.25, 0.3) is 0 Å². The van der Waals surface area contributed by atoms with Gasteiger partial charge in [-0.25, -0.2) is 0 Å². The fourth-order valence-electron chi connectivity index (χ4n) is 4.90. The second-order valence-electron chi connectivity index (χ2n) is 7.50. The molecule has 5 nitrogen and oxygen atoms in total. The predicted octanol–water partition coefficient (Wildman–Crippen LogP) is 2.09. The molecule has 0 aromatic rings. The van der Waals surface area contributed by atoms with Crippen molar-refractivity contribution in [2.75, 3.05) is 6.61 Å². The van der Waals surface area contributed by atoms with Crippen LogP contribution in [-0.2, 0) is 23.7 Å². The Morgan fingerprint density at radius 3 is 2.76 bits per heavy atom. The number of rotatable bonds is 0. The minimum Gasteiger partial charge on any atom is -0.465 e. The number of carbonyl (C=O) groups is 1. The lowest BCUT2D eigenvalue weighted by Gasteiger charge is -2.42. The van der Waals surface area contributed by atoms with E-state index in [-0.39, 0.29) is 24.5 Å². The summed E-state index contributed by atoms with van der Waals surface area (Å²) in [5.74, 6) is 0.859. The first-order valence-corrected chi connectivity index (χ1v) is 8.11. The topological polar surface area (TPSA) is 54.0 Å². The van der Waals surface area contributed by atoms with Crippen molar-refractivity contribution in [1.82, 2.24) is 0 Å². The Hall–Kier alpha value is -0.650. The van der Waals surface area contributed by atoms with E-state index in [4.69, 9.17) is 18.9 Å². The molecule has 1 saturated carbocycles. The van der Waals surface area contributed by atoms with Crippen molar-refractivity contribution < 1.29 is 23.7 Å². The maximum atomic E-state index is 11.8. The predicted molar refractivity (Wildman–Crippen MR) is 73.1 cm³/mol. The molecule has 3 aliphatic heterocycles. The molecular formula is C16H24O5. The highest BCUT2D eigenvalue weighted by Crippen LogP contribution is 2.53. The summed E-state index contributed by atoms with van der Waals surface area (Å²) >= 11 is 0. The number of cyclic esters (lactones) is 1. The zero-order valence-electron chi connectivity index (χ0n) is 12.9. The summed E-state index contributed by atoms with van der Waals surface area (Å²) < 4.78 is 23.5. The number of esters is 1. The van der Waals surface area contributed by atoms with E-state index in [0.29, 0.717) is 36.7 Å². The average molecular weight is 296 g/mol. The van der Waals surface area contributed by atoms with Crippen molar-refractivity contribution >= 4 is 5.97 Å². The van der Waals surface area contributed by atoms with E-state index in [1.807, 2.05) is 13.8 Å². The monoisotopic (exact) mass is 296 g/mol. The van der Waals surface area contributed by atoms with Gasteiger partial charge >= 0.3 is 5.97 Å². The summed E-state index contributed by atoms with van der Waals surface area (Å²) in [6.07, 6.45) is 2.52. The highest BCUT2D eigenvalue weighted by Gasteiger charge is 2.60. The molecule has 4 rings (SSSR count). The normalized spacial score (nSPS) is 51.6. The van der Waals surface area contributed by atoms with Crippen LogP contribution in [0.4, 0.5) is 0 Å². The van der Waals surface area contributed by atoms with Gasteiger partial charge in [0, 0.05) is 12.3 Å². The standard InChI is InChI=1S/C16H24O5/c1-8-7-18-11(17)6-9-4-5-10-13(12(8)9)14-15(19-10)21-16(2,3)20-14/h8-10,12-15H,4-7H2,1-3H3/t8-,9+,10+,12-,13-,14+,15+/m0/s1. The van der Waals surface area contributed by atoms with Gasteiger partial charge in [-0.05, 0) is 44.4 Å². The maximum Gasteiger partial charge on any atom is 0.306 e. The van der Waals surface area contributed by atoms with E-state index in [9.17, 15) is 4.79 Å². The number of hydrogen-bond acceptors (Lipinski definition) is 5. The number of ether oxygens (including phenoxy) is 4. The van der Waals surface area contributed by atoms with E-state index in [1.165, 1.54) is 0 Å². The Labute approximate surface area is 125 Å². The molecule has 21 heavy (non-hydrogen) atoms. The molecule has 4 fully saturated rings. The molecule has 0 aromatic heterocycles. The average Bonchev–Trinajstić information content (AvgIpc) is 2.82. The fourth-order valence-corrected chi connectivity index (χ4v) is 4.90. The highest BCUT2D eigenvalue weighted by molar-refractivity contribution is 5.70. The van der Waals surface area contributed by atoms with Crippen LogP contribution in [0.15, 0.2) is 0 Å². The molecule has 7 atom stereocenters. The quantitative estimate of drug-likeness (QED) is 0.641. The van der Waals surface area contributed by atoms with Crippen molar-refractivity contribution in [2.24, 2.45) is 23.7 Å². The van der Waals surface area contributed by atoms with Crippen molar-refractivity contribution in [3.8, 4) is 0 Å². The van der Waals surface area contributed by atoms with Crippen LogP contribution in [-0.4, -0.2) is 36.9 Å². The molecule has 0 amide bonds. The Kier molecular flexibility index (Phi) is 3.11. The largest absolute Gasteiger partial charge is 0.465 e. The number of carbonyl (C=O) groups excluding carboxylic acids is 1. The third-order valence-corrected chi connectivity index (χ3v) is 5.61. The molecule has 118 valence electrons.